The summed E-state index contributed by atoms with van der Waals surface area (Å²) >= 11 is 7.86. The summed E-state index contributed by atoms with van der Waals surface area (Å²) in [5.74, 6) is -9.58. The van der Waals surface area contributed by atoms with E-state index in [-0.39, 0.29) is 38.1 Å². The quantitative estimate of drug-likeness (QED) is 0.205. The molecule has 0 bridgehead atoms. The van der Waals surface area contributed by atoms with Crippen molar-refractivity contribution in [2.45, 2.75) is 158 Å². The van der Waals surface area contributed by atoms with Crippen LogP contribution in [0.25, 0.3) is 10.4 Å². The Hall–Kier alpha value is -4.99. The van der Waals surface area contributed by atoms with Gasteiger partial charge in [0.2, 0.25) is 47.3 Å². The summed E-state index contributed by atoms with van der Waals surface area (Å²) in [6, 6.07) is -1.62. The third kappa shape index (κ3) is 10.8. The van der Waals surface area contributed by atoms with Crippen LogP contribution in [0.15, 0.2) is 29.9 Å². The molecule has 4 aliphatic carbocycles. The first-order valence-corrected chi connectivity index (χ1v) is 25.9. The topological polar surface area (TPSA) is 190 Å². The average Bonchev–Trinajstić information content (AvgIpc) is 4.18. The maximum atomic E-state index is 15.1. The smallest absolute Gasteiger partial charge is 0.354 e. The highest BCUT2D eigenvalue weighted by Crippen LogP contribution is 2.73. The summed E-state index contributed by atoms with van der Waals surface area (Å²) < 4.78 is 86.9. The molecule has 6 aliphatic rings. The Bertz CT molecular complexity index is 2440. The van der Waals surface area contributed by atoms with Gasteiger partial charge < -0.3 is 36.0 Å². The highest BCUT2D eigenvalue weighted by Gasteiger charge is 2.77. The van der Waals surface area contributed by atoms with E-state index in [0.29, 0.717) is 47.6 Å². The van der Waals surface area contributed by atoms with Gasteiger partial charge in [0.05, 0.1) is 16.9 Å². The zero-order valence-corrected chi connectivity index (χ0v) is 42.1. The predicted molar refractivity (Wildman–Crippen MR) is 252 cm³/mol. The van der Waals surface area contributed by atoms with Crippen molar-refractivity contribution in [2.24, 2.45) is 22.7 Å². The number of likely N-dealkylation sites (N-methyl/N-ethyl adjacent to an activating group) is 2. The fourth-order valence-corrected chi connectivity index (χ4v) is 12.3. The van der Waals surface area contributed by atoms with Gasteiger partial charge in [-0.15, -0.1) is 11.3 Å². The van der Waals surface area contributed by atoms with Gasteiger partial charge in [0.25, 0.3) is 0 Å². The van der Waals surface area contributed by atoms with E-state index in [1.54, 1.807) is 29.9 Å². The molecule has 6 fully saturated rings. The molecule has 4 N–H and O–H groups in total. The Balaban J connectivity index is 1.03. The molecule has 2 saturated heterocycles. The number of alkyl halides is 6. The number of nitrogens with zero attached hydrogens (tertiary/aromatic N) is 4. The minimum Gasteiger partial charge on any atom is -0.354 e. The number of benzene rings is 1. The number of amides is 7. The van der Waals surface area contributed by atoms with E-state index in [4.69, 9.17) is 11.6 Å². The van der Waals surface area contributed by atoms with Crippen LogP contribution in [-0.4, -0.2) is 142 Å². The minimum absolute atomic E-state index is 0.0225. The number of carbonyl (C=O) groups excluding carboxylic acids is 7. The number of nitrogens with one attached hydrogen (secondary N) is 4. The molecule has 7 amide bonds. The van der Waals surface area contributed by atoms with E-state index < -0.39 is 151 Å². The van der Waals surface area contributed by atoms with Crippen LogP contribution in [0.1, 0.15) is 103 Å². The lowest BCUT2D eigenvalue weighted by Gasteiger charge is -2.62. The number of likely N-dealkylation sites (tertiary alicyclic amines) is 1. The van der Waals surface area contributed by atoms with E-state index in [1.807, 2.05) is 13.8 Å². The van der Waals surface area contributed by atoms with E-state index in [0.717, 1.165) is 15.3 Å². The van der Waals surface area contributed by atoms with Crippen molar-refractivity contribution in [3.8, 4) is 10.4 Å². The Morgan fingerprint density at radius 2 is 1.71 bits per heavy atom. The molecule has 2 aromatic rings. The Labute approximate surface area is 422 Å². The van der Waals surface area contributed by atoms with Crippen molar-refractivity contribution in [1.82, 2.24) is 41.0 Å². The van der Waals surface area contributed by atoms with Gasteiger partial charge in [-0.2, -0.15) is 13.2 Å². The third-order valence-corrected chi connectivity index (χ3v) is 16.6. The normalized spacial score (nSPS) is 27.6. The van der Waals surface area contributed by atoms with Crippen LogP contribution in [0.2, 0.25) is 5.02 Å². The van der Waals surface area contributed by atoms with E-state index >= 15 is 4.39 Å². The van der Waals surface area contributed by atoms with E-state index in [2.05, 4.69) is 26.3 Å². The van der Waals surface area contributed by atoms with Gasteiger partial charge in [0.1, 0.15) is 47.3 Å². The van der Waals surface area contributed by atoms with Crippen molar-refractivity contribution >= 4 is 64.3 Å². The highest BCUT2D eigenvalue weighted by molar-refractivity contribution is 7.13. The molecule has 15 nitrogen and oxygen atoms in total. The van der Waals surface area contributed by atoms with Crippen LogP contribution in [0.4, 0.5) is 26.3 Å². The van der Waals surface area contributed by atoms with Crippen molar-refractivity contribution in [1.29, 1.82) is 0 Å². The standard InChI is InChI=1S/C49H61ClF6N8O7S/c1-26(2)15-32-41(68)63(4)34(17-28-16-29(50)10-11-31(28)36-19-57-25-72-36)40(67)61-47(12-13-47)43(70)58-14-6-5-7-33(38(65)59-32)62(3)42(69)37(27-8-9-27)60-39(66)35-18-30(51)20-64(35)44(71)46(49(54,55)56)21-45(22-46)23-48(52,53)24-45/h10-11,16,19,25-27,30,32-35,37H,5-9,12-15,17-18,20-24H2,1-4H3,(H,58,70)(H,59,65)(H,60,66)(H,61,67)/t30-,32+,33+,34+,35+,37+/m1/s1. The number of carbonyl (C=O) groups is 7. The average molecular weight is 1060 g/mol. The largest absolute Gasteiger partial charge is 0.403 e. The first-order chi connectivity index (χ1) is 33.8. The van der Waals surface area contributed by atoms with Crippen LogP contribution in [0.5, 0.6) is 0 Å². The summed E-state index contributed by atoms with van der Waals surface area (Å²) in [6.07, 6.45) is -7.16. The lowest BCUT2D eigenvalue weighted by atomic mass is 9.43. The number of rotatable bonds is 11. The molecule has 8 rings (SSSR count). The molecular weight excluding hydrogens is 994 g/mol. The van der Waals surface area contributed by atoms with Crippen molar-refractivity contribution in [3.63, 3.8) is 0 Å². The van der Waals surface area contributed by atoms with Crippen LogP contribution in [0, 0.1) is 22.7 Å². The van der Waals surface area contributed by atoms with E-state index in [1.165, 1.54) is 30.3 Å². The zero-order valence-electron chi connectivity index (χ0n) is 40.5. The summed E-state index contributed by atoms with van der Waals surface area (Å²) in [6.45, 7) is 2.99. The van der Waals surface area contributed by atoms with Gasteiger partial charge in [-0.3, -0.25) is 38.5 Å². The fourth-order valence-electron chi connectivity index (χ4n) is 11.4. The van der Waals surface area contributed by atoms with Crippen LogP contribution in [0.3, 0.4) is 0 Å². The molecule has 3 heterocycles. The molecule has 1 aromatic heterocycles. The van der Waals surface area contributed by atoms with Gasteiger partial charge in [0, 0.05) is 57.5 Å². The van der Waals surface area contributed by atoms with Gasteiger partial charge in [-0.25, -0.2) is 13.2 Å². The van der Waals surface area contributed by atoms with Crippen LogP contribution >= 0.6 is 22.9 Å². The number of halogens is 7. The van der Waals surface area contributed by atoms with Gasteiger partial charge >= 0.3 is 6.18 Å². The van der Waals surface area contributed by atoms with Crippen LogP contribution < -0.4 is 21.3 Å². The molecule has 4 saturated carbocycles. The molecular formula is C49H61ClF6N8O7S. The van der Waals surface area contributed by atoms with Gasteiger partial charge in [-0.1, -0.05) is 31.5 Å². The highest BCUT2D eigenvalue weighted by atomic mass is 35.5. The molecule has 0 unspecified atom stereocenters. The zero-order chi connectivity index (χ0) is 52.3. The number of aromatic nitrogens is 1. The Morgan fingerprint density at radius 3 is 2.31 bits per heavy atom. The number of hydrogen-bond donors (Lipinski definition) is 4. The minimum atomic E-state index is -5.17. The molecule has 394 valence electrons. The summed E-state index contributed by atoms with van der Waals surface area (Å²) in [4.78, 5) is 108. The molecule has 6 atom stereocenters. The second-order valence-electron chi connectivity index (χ2n) is 21.6. The fraction of sp³-hybridized carbons (Fsp3) is 0.673. The predicted octanol–water partition coefficient (Wildman–Crippen LogP) is 5.73. The Morgan fingerprint density at radius 1 is 1.01 bits per heavy atom. The molecule has 1 aromatic carbocycles. The number of thiazole rings is 1. The third-order valence-electron chi connectivity index (χ3n) is 15.5. The molecule has 2 aliphatic heterocycles. The maximum Gasteiger partial charge on any atom is 0.403 e. The first-order valence-electron chi connectivity index (χ1n) is 24.6. The van der Waals surface area contributed by atoms with Crippen LogP contribution in [-0.2, 0) is 40.0 Å². The van der Waals surface area contributed by atoms with Crippen molar-refractivity contribution < 1.29 is 59.9 Å². The Kier molecular flexibility index (Phi) is 14.8. The molecule has 2 spiro atoms. The molecule has 72 heavy (non-hydrogen) atoms. The second kappa shape index (κ2) is 20.0. The van der Waals surface area contributed by atoms with Gasteiger partial charge in [0.15, 0.2) is 0 Å². The monoisotopic (exact) mass is 1050 g/mol. The van der Waals surface area contributed by atoms with E-state index in [9.17, 15) is 55.5 Å². The molecule has 0 radical (unpaired) electrons. The van der Waals surface area contributed by atoms with Gasteiger partial charge in [-0.05, 0) is 105 Å². The lowest BCUT2D eigenvalue weighted by Crippen LogP contribution is -2.68. The van der Waals surface area contributed by atoms with Crippen molar-refractivity contribution in [2.75, 3.05) is 27.2 Å². The summed E-state index contributed by atoms with van der Waals surface area (Å²) in [5, 5.41) is 11.6. The SMILES string of the molecule is CC(C)C[C@@H]1NC(=O)[C@@H](N(C)C(=O)[C@@H](NC(=O)[C@@H]2C[C@@H](F)CN2C(=O)C2(C(F)(F)F)CC3(CC(F)(F)C3)C2)C2CC2)CCCCNC(=O)C2(CC2)NC(=O)[C@H](Cc2cc(Cl)ccc2-c2cncs2)N(C)C1=O. The second-order valence-corrected chi connectivity index (χ2v) is 22.9. The summed E-state index contributed by atoms with van der Waals surface area (Å²) in [7, 11) is 2.78. The number of hydrogen-bond acceptors (Lipinski definition) is 9. The molecule has 23 heteroatoms. The van der Waals surface area contributed by atoms with Crippen molar-refractivity contribution in [3.05, 3.63) is 40.5 Å². The summed E-state index contributed by atoms with van der Waals surface area (Å²) in [5.41, 5.74) is -2.67. The lowest BCUT2D eigenvalue weighted by molar-refractivity contribution is -0.314. The first kappa shape index (κ1) is 53.3. The maximum absolute atomic E-state index is 15.1.